The van der Waals surface area contributed by atoms with E-state index in [1.54, 1.807) is 19.4 Å². The topological polar surface area (TPSA) is 74.3 Å². The van der Waals surface area contributed by atoms with E-state index in [1.807, 2.05) is 36.4 Å². The third-order valence-corrected chi connectivity index (χ3v) is 6.30. The van der Waals surface area contributed by atoms with Gasteiger partial charge in [-0.1, -0.05) is 25.1 Å². The standard InChI is InChI=1S/C22H22BrN5O2S/c1-3-4-11-27-21(15-5-8-18(30-2)9-6-15)25-26-22(27)31-14-17-12-20(29)28-13-16(23)7-10-19(28)24-17/h5-10,12-13H,3-4,11,14H2,1-2H3. The van der Waals surface area contributed by atoms with Crippen molar-refractivity contribution in [1.29, 1.82) is 0 Å². The molecule has 0 radical (unpaired) electrons. The number of halogens is 1. The van der Waals surface area contributed by atoms with Crippen LogP contribution in [0.25, 0.3) is 17.0 Å². The van der Waals surface area contributed by atoms with Gasteiger partial charge in [0.15, 0.2) is 11.0 Å². The molecule has 0 atom stereocenters. The summed E-state index contributed by atoms with van der Waals surface area (Å²) in [7, 11) is 1.65. The number of thioether (sulfide) groups is 1. The van der Waals surface area contributed by atoms with Gasteiger partial charge in [0.25, 0.3) is 5.56 Å². The monoisotopic (exact) mass is 499 g/mol. The first-order chi connectivity index (χ1) is 15.1. The van der Waals surface area contributed by atoms with Gasteiger partial charge >= 0.3 is 0 Å². The molecule has 0 saturated heterocycles. The molecule has 4 rings (SSSR count). The summed E-state index contributed by atoms with van der Waals surface area (Å²) in [4.78, 5) is 17.1. The van der Waals surface area contributed by atoms with Gasteiger partial charge in [-0.05, 0) is 58.7 Å². The summed E-state index contributed by atoms with van der Waals surface area (Å²) >= 11 is 4.93. The number of hydrogen-bond donors (Lipinski definition) is 0. The molecule has 7 nitrogen and oxygen atoms in total. The van der Waals surface area contributed by atoms with Crippen molar-refractivity contribution in [2.45, 2.75) is 37.2 Å². The number of rotatable bonds is 8. The van der Waals surface area contributed by atoms with E-state index in [0.29, 0.717) is 17.1 Å². The summed E-state index contributed by atoms with van der Waals surface area (Å²) in [5.41, 5.74) is 2.23. The summed E-state index contributed by atoms with van der Waals surface area (Å²) in [5, 5.41) is 9.69. The number of fused-ring (bicyclic) bond motifs is 1. The van der Waals surface area contributed by atoms with Gasteiger partial charge in [-0.25, -0.2) is 4.98 Å². The fraction of sp³-hybridized carbons (Fsp3) is 0.273. The van der Waals surface area contributed by atoms with Crippen molar-refractivity contribution in [2.24, 2.45) is 0 Å². The third-order valence-electron chi connectivity index (χ3n) is 4.83. The lowest BCUT2D eigenvalue weighted by molar-refractivity contribution is 0.415. The molecule has 3 aromatic heterocycles. The fourth-order valence-electron chi connectivity index (χ4n) is 3.21. The van der Waals surface area contributed by atoms with Crippen LogP contribution in [0.15, 0.2) is 63.1 Å². The van der Waals surface area contributed by atoms with Crippen molar-refractivity contribution in [3.63, 3.8) is 0 Å². The Morgan fingerprint density at radius 2 is 1.94 bits per heavy atom. The summed E-state index contributed by atoms with van der Waals surface area (Å²) in [6.45, 7) is 2.99. The van der Waals surface area contributed by atoms with Crippen LogP contribution in [0.3, 0.4) is 0 Å². The number of benzene rings is 1. The summed E-state index contributed by atoms with van der Waals surface area (Å²) in [5.74, 6) is 2.17. The second-order valence-corrected chi connectivity index (χ2v) is 8.85. The van der Waals surface area contributed by atoms with E-state index in [9.17, 15) is 4.79 Å². The Bertz CT molecular complexity index is 1250. The molecule has 3 heterocycles. The molecule has 31 heavy (non-hydrogen) atoms. The predicted octanol–water partition coefficient (Wildman–Crippen LogP) is 4.82. The van der Waals surface area contributed by atoms with Crippen LogP contribution in [-0.2, 0) is 12.3 Å². The minimum Gasteiger partial charge on any atom is -0.497 e. The second-order valence-electron chi connectivity index (χ2n) is 6.99. The average Bonchev–Trinajstić information content (AvgIpc) is 3.19. The van der Waals surface area contributed by atoms with Gasteiger partial charge in [-0.15, -0.1) is 10.2 Å². The van der Waals surface area contributed by atoms with E-state index in [4.69, 9.17) is 4.74 Å². The average molecular weight is 500 g/mol. The van der Waals surface area contributed by atoms with Crippen molar-refractivity contribution in [3.8, 4) is 17.1 Å². The largest absolute Gasteiger partial charge is 0.497 e. The maximum atomic E-state index is 12.5. The number of pyridine rings is 1. The van der Waals surface area contributed by atoms with Crippen LogP contribution in [0, 0.1) is 0 Å². The lowest BCUT2D eigenvalue weighted by Crippen LogP contribution is -2.15. The number of aromatic nitrogens is 5. The SMILES string of the molecule is CCCCn1c(SCc2cc(=O)n3cc(Br)ccc3n2)nnc1-c1ccc(OC)cc1. The Morgan fingerprint density at radius 3 is 2.68 bits per heavy atom. The minimum absolute atomic E-state index is 0.103. The van der Waals surface area contributed by atoms with Crippen molar-refractivity contribution in [2.75, 3.05) is 7.11 Å². The molecule has 0 aliphatic rings. The predicted molar refractivity (Wildman–Crippen MR) is 126 cm³/mol. The Balaban J connectivity index is 1.60. The Kier molecular flexibility index (Phi) is 6.72. The van der Waals surface area contributed by atoms with E-state index in [1.165, 1.54) is 16.2 Å². The molecule has 0 aliphatic carbocycles. The molecule has 4 aromatic rings. The number of unbranched alkanes of at least 4 members (excludes halogenated alkanes) is 1. The molecule has 0 saturated carbocycles. The molecule has 0 N–H and O–H groups in total. The highest BCUT2D eigenvalue weighted by Gasteiger charge is 2.15. The normalized spacial score (nSPS) is 11.2. The first-order valence-corrected chi connectivity index (χ1v) is 11.7. The molecule has 0 unspecified atom stereocenters. The van der Waals surface area contributed by atoms with E-state index in [0.717, 1.165) is 46.2 Å². The maximum Gasteiger partial charge on any atom is 0.258 e. The highest BCUT2D eigenvalue weighted by atomic mass is 79.9. The van der Waals surface area contributed by atoms with Gasteiger partial charge in [-0.2, -0.15) is 0 Å². The Morgan fingerprint density at radius 1 is 1.13 bits per heavy atom. The van der Waals surface area contributed by atoms with Crippen molar-refractivity contribution < 1.29 is 4.74 Å². The molecule has 9 heteroatoms. The summed E-state index contributed by atoms with van der Waals surface area (Å²) < 4.78 is 9.76. The van der Waals surface area contributed by atoms with Crippen LogP contribution < -0.4 is 10.3 Å². The van der Waals surface area contributed by atoms with Crippen LogP contribution in [0.1, 0.15) is 25.5 Å². The van der Waals surface area contributed by atoms with Crippen LogP contribution in [-0.4, -0.2) is 31.3 Å². The van der Waals surface area contributed by atoms with Gasteiger partial charge in [0, 0.05) is 34.6 Å². The Labute approximate surface area is 192 Å². The molecule has 1 aromatic carbocycles. The molecular formula is C22H22BrN5O2S. The van der Waals surface area contributed by atoms with Crippen LogP contribution >= 0.6 is 27.7 Å². The zero-order valence-corrected chi connectivity index (χ0v) is 19.7. The lowest BCUT2D eigenvalue weighted by Gasteiger charge is -2.10. The van der Waals surface area contributed by atoms with E-state index in [2.05, 4.69) is 42.6 Å². The van der Waals surface area contributed by atoms with Crippen LogP contribution in [0.5, 0.6) is 5.75 Å². The highest BCUT2D eigenvalue weighted by molar-refractivity contribution is 9.10. The molecule has 0 aliphatic heterocycles. The van der Waals surface area contributed by atoms with Crippen molar-refractivity contribution >= 4 is 33.3 Å². The first-order valence-electron chi connectivity index (χ1n) is 9.97. The second kappa shape index (κ2) is 9.65. The number of methoxy groups -OCH3 is 1. The first kappa shape index (κ1) is 21.6. The molecular weight excluding hydrogens is 478 g/mol. The van der Waals surface area contributed by atoms with Crippen LogP contribution in [0.4, 0.5) is 0 Å². The maximum absolute atomic E-state index is 12.5. The van der Waals surface area contributed by atoms with Crippen LogP contribution in [0.2, 0.25) is 0 Å². The number of nitrogens with zero attached hydrogens (tertiary/aromatic N) is 5. The zero-order valence-electron chi connectivity index (χ0n) is 17.3. The Hall–Kier alpha value is -2.65. The molecule has 0 spiro atoms. The van der Waals surface area contributed by atoms with E-state index < -0.39 is 0 Å². The molecule has 0 fully saturated rings. The van der Waals surface area contributed by atoms with Gasteiger partial charge in [0.2, 0.25) is 0 Å². The lowest BCUT2D eigenvalue weighted by atomic mass is 10.2. The van der Waals surface area contributed by atoms with Crippen molar-refractivity contribution in [1.82, 2.24) is 24.1 Å². The minimum atomic E-state index is -0.103. The summed E-state index contributed by atoms with van der Waals surface area (Å²) in [6, 6.07) is 13.1. The van der Waals surface area contributed by atoms with Gasteiger partial charge in [-0.3, -0.25) is 9.20 Å². The smallest absolute Gasteiger partial charge is 0.258 e. The highest BCUT2D eigenvalue weighted by Crippen LogP contribution is 2.27. The quantitative estimate of drug-likeness (QED) is 0.323. The van der Waals surface area contributed by atoms with Gasteiger partial charge in [0.1, 0.15) is 11.4 Å². The molecule has 0 bridgehead atoms. The fourth-order valence-corrected chi connectivity index (χ4v) is 4.40. The summed E-state index contributed by atoms with van der Waals surface area (Å²) in [6.07, 6.45) is 3.83. The third kappa shape index (κ3) is 4.83. The molecule has 0 amide bonds. The number of ether oxygens (including phenoxy) is 1. The zero-order chi connectivity index (χ0) is 21.8. The van der Waals surface area contributed by atoms with Crippen molar-refractivity contribution in [3.05, 3.63) is 69.2 Å². The van der Waals surface area contributed by atoms with E-state index >= 15 is 0 Å². The van der Waals surface area contributed by atoms with Gasteiger partial charge in [0.05, 0.1) is 12.8 Å². The van der Waals surface area contributed by atoms with Gasteiger partial charge < -0.3 is 9.30 Å². The number of hydrogen-bond acceptors (Lipinski definition) is 6. The van der Waals surface area contributed by atoms with E-state index in [-0.39, 0.29) is 5.56 Å². The molecule has 160 valence electrons.